The minimum atomic E-state index is 0.786. The van der Waals surface area contributed by atoms with E-state index in [2.05, 4.69) is 10.4 Å². The van der Waals surface area contributed by atoms with Crippen LogP contribution < -0.4 is 11.2 Å². The van der Waals surface area contributed by atoms with E-state index in [4.69, 9.17) is 10.5 Å². The Balaban J connectivity index is 2.06. The van der Waals surface area contributed by atoms with Crippen molar-refractivity contribution in [1.29, 1.82) is 0 Å². The van der Waals surface area contributed by atoms with E-state index >= 15 is 0 Å². The standard InChI is InChI=1S/C11H17N3O/c1-9-10(12)3-2-4-11(9)13-14-5-7-15-8-6-14/h2-4,13H,5-8,12H2,1H3. The largest absolute Gasteiger partial charge is 0.398 e. The Hall–Kier alpha value is -1.26. The van der Waals surface area contributed by atoms with Crippen molar-refractivity contribution in [2.45, 2.75) is 6.92 Å². The summed E-state index contributed by atoms with van der Waals surface area (Å²) < 4.78 is 5.29. The highest BCUT2D eigenvalue weighted by atomic mass is 16.5. The summed E-state index contributed by atoms with van der Waals surface area (Å²) in [4.78, 5) is 0. The number of benzene rings is 1. The van der Waals surface area contributed by atoms with Gasteiger partial charge in [0.2, 0.25) is 0 Å². The van der Waals surface area contributed by atoms with Gasteiger partial charge in [0, 0.05) is 18.8 Å². The van der Waals surface area contributed by atoms with Crippen LogP contribution in [-0.4, -0.2) is 31.3 Å². The van der Waals surface area contributed by atoms with Gasteiger partial charge in [-0.2, -0.15) is 0 Å². The molecule has 0 saturated carbocycles. The maximum Gasteiger partial charge on any atom is 0.0612 e. The van der Waals surface area contributed by atoms with Crippen LogP contribution in [0, 0.1) is 6.92 Å². The van der Waals surface area contributed by atoms with Gasteiger partial charge in [0.05, 0.1) is 18.9 Å². The second kappa shape index (κ2) is 4.51. The third kappa shape index (κ3) is 2.40. The molecule has 2 rings (SSSR count). The van der Waals surface area contributed by atoms with Gasteiger partial charge < -0.3 is 15.9 Å². The average Bonchev–Trinajstić information content (AvgIpc) is 2.26. The molecule has 1 aliphatic heterocycles. The van der Waals surface area contributed by atoms with E-state index in [0.29, 0.717) is 0 Å². The molecule has 1 aromatic rings. The summed E-state index contributed by atoms with van der Waals surface area (Å²) in [6, 6.07) is 5.92. The number of ether oxygens (including phenoxy) is 1. The number of hydrazine groups is 1. The van der Waals surface area contributed by atoms with E-state index in [9.17, 15) is 0 Å². The number of anilines is 2. The van der Waals surface area contributed by atoms with Crippen molar-refractivity contribution >= 4 is 11.4 Å². The molecular formula is C11H17N3O. The van der Waals surface area contributed by atoms with E-state index in [0.717, 1.165) is 43.2 Å². The number of nitrogen functional groups attached to an aromatic ring is 1. The first-order valence-electron chi connectivity index (χ1n) is 5.22. The number of nitrogens with one attached hydrogen (secondary N) is 1. The zero-order valence-corrected chi connectivity index (χ0v) is 8.99. The Labute approximate surface area is 90.0 Å². The first kappa shape index (κ1) is 10.3. The highest BCUT2D eigenvalue weighted by molar-refractivity contribution is 5.62. The van der Waals surface area contributed by atoms with Crippen LogP contribution in [0.3, 0.4) is 0 Å². The molecule has 4 nitrogen and oxygen atoms in total. The van der Waals surface area contributed by atoms with Crippen molar-refractivity contribution in [1.82, 2.24) is 5.01 Å². The van der Waals surface area contributed by atoms with Crippen LogP contribution in [0.25, 0.3) is 0 Å². The maximum absolute atomic E-state index is 5.84. The minimum Gasteiger partial charge on any atom is -0.398 e. The zero-order valence-electron chi connectivity index (χ0n) is 8.99. The normalized spacial score (nSPS) is 17.7. The molecule has 0 amide bonds. The topological polar surface area (TPSA) is 50.5 Å². The first-order valence-corrected chi connectivity index (χ1v) is 5.22. The number of rotatable bonds is 2. The summed E-state index contributed by atoms with van der Waals surface area (Å²) in [5, 5.41) is 2.16. The molecule has 0 atom stereocenters. The third-order valence-corrected chi connectivity index (χ3v) is 2.67. The lowest BCUT2D eigenvalue weighted by Gasteiger charge is -2.28. The van der Waals surface area contributed by atoms with Gasteiger partial charge in [0.25, 0.3) is 0 Å². The summed E-state index contributed by atoms with van der Waals surface area (Å²) in [5.41, 5.74) is 12.2. The molecule has 0 unspecified atom stereocenters. The second-order valence-corrected chi connectivity index (χ2v) is 3.73. The molecule has 0 bridgehead atoms. The summed E-state index contributed by atoms with van der Waals surface area (Å²) >= 11 is 0. The summed E-state index contributed by atoms with van der Waals surface area (Å²) in [7, 11) is 0. The van der Waals surface area contributed by atoms with Crippen molar-refractivity contribution in [2.75, 3.05) is 37.5 Å². The molecule has 82 valence electrons. The Morgan fingerprint density at radius 3 is 2.80 bits per heavy atom. The fourth-order valence-electron chi connectivity index (χ4n) is 1.62. The average molecular weight is 207 g/mol. The lowest BCUT2D eigenvalue weighted by atomic mass is 10.1. The molecule has 1 saturated heterocycles. The molecule has 3 N–H and O–H groups in total. The number of nitrogens with zero attached hydrogens (tertiary/aromatic N) is 1. The number of hydrogen-bond donors (Lipinski definition) is 2. The van der Waals surface area contributed by atoms with E-state index < -0.39 is 0 Å². The lowest BCUT2D eigenvalue weighted by Crippen LogP contribution is -2.40. The minimum absolute atomic E-state index is 0.786. The summed E-state index contributed by atoms with van der Waals surface area (Å²) in [5.74, 6) is 0. The highest BCUT2D eigenvalue weighted by Crippen LogP contribution is 2.21. The molecule has 0 aliphatic carbocycles. The van der Waals surface area contributed by atoms with E-state index in [-0.39, 0.29) is 0 Å². The quantitative estimate of drug-likeness (QED) is 0.716. The van der Waals surface area contributed by atoms with Crippen molar-refractivity contribution in [3.8, 4) is 0 Å². The van der Waals surface area contributed by atoms with Crippen LogP contribution in [0.15, 0.2) is 18.2 Å². The van der Waals surface area contributed by atoms with Crippen LogP contribution in [-0.2, 0) is 4.74 Å². The van der Waals surface area contributed by atoms with E-state index in [1.54, 1.807) is 0 Å². The van der Waals surface area contributed by atoms with Gasteiger partial charge >= 0.3 is 0 Å². The van der Waals surface area contributed by atoms with Crippen LogP contribution in [0.5, 0.6) is 0 Å². The van der Waals surface area contributed by atoms with Crippen LogP contribution in [0.1, 0.15) is 5.56 Å². The van der Waals surface area contributed by atoms with Crippen LogP contribution >= 0.6 is 0 Å². The molecule has 4 heteroatoms. The number of hydrogen-bond acceptors (Lipinski definition) is 4. The fraction of sp³-hybridized carbons (Fsp3) is 0.455. The molecule has 0 spiro atoms. The monoisotopic (exact) mass is 207 g/mol. The Bertz CT molecular complexity index is 335. The zero-order chi connectivity index (χ0) is 10.7. The molecule has 15 heavy (non-hydrogen) atoms. The Morgan fingerprint density at radius 1 is 1.33 bits per heavy atom. The Morgan fingerprint density at radius 2 is 2.07 bits per heavy atom. The SMILES string of the molecule is Cc1c(N)cccc1NN1CCOCC1. The van der Waals surface area contributed by atoms with Gasteiger partial charge in [0.15, 0.2) is 0 Å². The van der Waals surface area contributed by atoms with E-state index in [1.807, 2.05) is 25.1 Å². The number of morpholine rings is 1. The fourth-order valence-corrected chi connectivity index (χ4v) is 1.62. The maximum atomic E-state index is 5.84. The summed E-state index contributed by atoms with van der Waals surface area (Å²) in [6.07, 6.45) is 0. The van der Waals surface area contributed by atoms with Gasteiger partial charge in [-0.05, 0) is 24.6 Å². The molecule has 1 fully saturated rings. The third-order valence-electron chi connectivity index (χ3n) is 2.67. The number of nitrogens with two attached hydrogens (primary N) is 1. The van der Waals surface area contributed by atoms with Gasteiger partial charge in [0.1, 0.15) is 0 Å². The first-order chi connectivity index (χ1) is 7.27. The smallest absolute Gasteiger partial charge is 0.0612 e. The molecule has 1 aromatic carbocycles. The lowest BCUT2D eigenvalue weighted by molar-refractivity contribution is 0.0496. The van der Waals surface area contributed by atoms with E-state index in [1.165, 1.54) is 0 Å². The molecular weight excluding hydrogens is 190 g/mol. The van der Waals surface area contributed by atoms with Gasteiger partial charge in [-0.1, -0.05) is 6.07 Å². The molecule has 0 aromatic heterocycles. The van der Waals surface area contributed by atoms with Crippen molar-refractivity contribution in [3.63, 3.8) is 0 Å². The van der Waals surface area contributed by atoms with Gasteiger partial charge in [-0.15, -0.1) is 0 Å². The van der Waals surface area contributed by atoms with Crippen molar-refractivity contribution in [2.24, 2.45) is 0 Å². The molecule has 1 aliphatic rings. The van der Waals surface area contributed by atoms with Gasteiger partial charge in [-0.3, -0.25) is 0 Å². The highest BCUT2D eigenvalue weighted by Gasteiger charge is 2.11. The summed E-state index contributed by atoms with van der Waals surface area (Å²) in [6.45, 7) is 5.42. The van der Waals surface area contributed by atoms with Crippen LogP contribution in [0.2, 0.25) is 0 Å². The van der Waals surface area contributed by atoms with Crippen LogP contribution in [0.4, 0.5) is 11.4 Å². The van der Waals surface area contributed by atoms with Gasteiger partial charge in [-0.25, -0.2) is 5.01 Å². The predicted octanol–water partition coefficient (Wildman–Crippen LogP) is 1.24. The predicted molar refractivity (Wildman–Crippen MR) is 61.6 cm³/mol. The molecule has 0 radical (unpaired) electrons. The van der Waals surface area contributed by atoms with Crippen molar-refractivity contribution < 1.29 is 4.74 Å². The second-order valence-electron chi connectivity index (χ2n) is 3.73. The Kier molecular flexibility index (Phi) is 3.08. The molecule has 1 heterocycles. The van der Waals surface area contributed by atoms with Crippen molar-refractivity contribution in [3.05, 3.63) is 23.8 Å².